The molecular weight excluding hydrogens is 448 g/mol. The van der Waals surface area contributed by atoms with E-state index in [0.717, 1.165) is 16.7 Å². The van der Waals surface area contributed by atoms with Gasteiger partial charge < -0.3 is 15.4 Å². The smallest absolute Gasteiger partial charge is 0.253 e. The first kappa shape index (κ1) is 27.0. The molecule has 190 valence electrons. The Morgan fingerprint density at radius 2 is 1.17 bits per heavy atom. The van der Waals surface area contributed by atoms with Gasteiger partial charge in [-0.2, -0.15) is 0 Å². The topological polar surface area (TPSA) is 67.4 Å². The lowest BCUT2D eigenvalue weighted by Crippen LogP contribution is -2.41. The molecule has 2 N–H and O–H groups in total. The minimum Gasteiger partial charge on any atom is -0.494 e. The summed E-state index contributed by atoms with van der Waals surface area (Å²) in [5, 5.41) is 5.97. The zero-order valence-electron chi connectivity index (χ0n) is 22.4. The van der Waals surface area contributed by atoms with Crippen molar-refractivity contribution in [2.24, 2.45) is 0 Å². The molecule has 0 bridgehead atoms. The summed E-state index contributed by atoms with van der Waals surface area (Å²) in [5.41, 5.74) is 4.05. The van der Waals surface area contributed by atoms with E-state index < -0.39 is 6.17 Å². The van der Waals surface area contributed by atoms with E-state index in [1.54, 1.807) is 0 Å². The summed E-state index contributed by atoms with van der Waals surface area (Å²) in [7, 11) is 0. The van der Waals surface area contributed by atoms with Crippen molar-refractivity contribution < 1.29 is 14.3 Å². The lowest BCUT2D eigenvalue weighted by Gasteiger charge is -2.23. The van der Waals surface area contributed by atoms with Gasteiger partial charge in [-0.25, -0.2) is 0 Å². The summed E-state index contributed by atoms with van der Waals surface area (Å²) in [4.78, 5) is 26.4. The highest BCUT2D eigenvalue weighted by atomic mass is 16.5. The SMILES string of the molecule is CCOc1cccc(C(NC(=O)c2ccc(C(C)(C)C)cc2)NC(=O)c2ccc(C(C)(C)C)cc2)c1. The molecule has 0 fully saturated rings. The lowest BCUT2D eigenvalue weighted by molar-refractivity contribution is 0.0883. The Kier molecular flexibility index (Phi) is 8.24. The van der Waals surface area contributed by atoms with E-state index in [9.17, 15) is 9.59 Å². The Hall–Kier alpha value is -3.60. The van der Waals surface area contributed by atoms with Crippen LogP contribution in [-0.2, 0) is 10.8 Å². The number of benzene rings is 3. The van der Waals surface area contributed by atoms with Crippen molar-refractivity contribution >= 4 is 11.8 Å². The number of amides is 2. The number of ether oxygens (including phenoxy) is 1. The van der Waals surface area contributed by atoms with E-state index in [1.807, 2.05) is 79.7 Å². The maximum atomic E-state index is 13.2. The van der Waals surface area contributed by atoms with Crippen LogP contribution in [0.5, 0.6) is 5.75 Å². The average molecular weight is 487 g/mol. The van der Waals surface area contributed by atoms with Crippen LogP contribution in [0.15, 0.2) is 72.8 Å². The molecule has 0 atom stereocenters. The van der Waals surface area contributed by atoms with Crippen LogP contribution in [0.4, 0.5) is 0 Å². The molecule has 0 aliphatic carbocycles. The molecule has 5 heteroatoms. The lowest BCUT2D eigenvalue weighted by atomic mass is 9.86. The molecular formula is C31H38N2O3. The first-order chi connectivity index (χ1) is 16.9. The fourth-order valence-corrected chi connectivity index (χ4v) is 3.83. The van der Waals surface area contributed by atoms with Crippen LogP contribution in [0.25, 0.3) is 0 Å². The standard InChI is InChI=1S/C31H38N2O3/c1-8-36-26-11-9-10-23(20-26)27(32-28(34)21-12-16-24(17-13-21)30(2,3)4)33-29(35)22-14-18-25(19-15-22)31(5,6)7/h9-20,27H,8H2,1-7H3,(H,32,34)(H,33,35). The van der Waals surface area contributed by atoms with Crippen LogP contribution in [0.3, 0.4) is 0 Å². The molecule has 3 aromatic rings. The zero-order valence-corrected chi connectivity index (χ0v) is 22.4. The van der Waals surface area contributed by atoms with Gasteiger partial charge in [0.1, 0.15) is 11.9 Å². The average Bonchev–Trinajstić information content (AvgIpc) is 2.83. The molecule has 3 rings (SSSR count). The highest BCUT2D eigenvalue weighted by Crippen LogP contribution is 2.24. The molecule has 0 saturated heterocycles. The molecule has 0 unspecified atom stereocenters. The van der Waals surface area contributed by atoms with Gasteiger partial charge in [0.2, 0.25) is 0 Å². The quantitative estimate of drug-likeness (QED) is 0.373. The molecule has 0 radical (unpaired) electrons. The monoisotopic (exact) mass is 486 g/mol. The second-order valence-electron chi connectivity index (χ2n) is 11.0. The van der Waals surface area contributed by atoms with Gasteiger partial charge in [0.15, 0.2) is 0 Å². The summed E-state index contributed by atoms with van der Waals surface area (Å²) in [6.07, 6.45) is -0.741. The van der Waals surface area contributed by atoms with E-state index in [2.05, 4.69) is 52.2 Å². The molecule has 3 aromatic carbocycles. The summed E-state index contributed by atoms with van der Waals surface area (Å²) >= 11 is 0. The van der Waals surface area contributed by atoms with Gasteiger partial charge in [0.25, 0.3) is 11.8 Å². The van der Waals surface area contributed by atoms with Crippen molar-refractivity contribution in [3.63, 3.8) is 0 Å². The van der Waals surface area contributed by atoms with Gasteiger partial charge in [-0.3, -0.25) is 9.59 Å². The van der Waals surface area contributed by atoms with Crippen molar-refractivity contribution in [3.8, 4) is 5.75 Å². The summed E-state index contributed by atoms with van der Waals surface area (Å²) in [6, 6.07) is 22.5. The number of hydrogen-bond donors (Lipinski definition) is 2. The third kappa shape index (κ3) is 6.97. The molecule has 36 heavy (non-hydrogen) atoms. The number of carbonyl (C=O) groups is 2. The fraction of sp³-hybridized carbons (Fsp3) is 0.355. The van der Waals surface area contributed by atoms with Crippen LogP contribution < -0.4 is 15.4 Å². The van der Waals surface area contributed by atoms with E-state index in [-0.39, 0.29) is 22.6 Å². The van der Waals surface area contributed by atoms with E-state index >= 15 is 0 Å². The maximum Gasteiger partial charge on any atom is 0.253 e. The second-order valence-corrected chi connectivity index (χ2v) is 11.0. The Morgan fingerprint density at radius 3 is 1.56 bits per heavy atom. The van der Waals surface area contributed by atoms with Crippen LogP contribution in [0.2, 0.25) is 0 Å². The number of carbonyl (C=O) groups excluding carboxylic acids is 2. The van der Waals surface area contributed by atoms with E-state index in [1.165, 1.54) is 0 Å². The van der Waals surface area contributed by atoms with Crippen LogP contribution in [0.1, 0.15) is 92.0 Å². The Balaban J connectivity index is 1.86. The molecule has 5 nitrogen and oxygen atoms in total. The Bertz CT molecular complexity index is 1110. The molecule has 0 saturated carbocycles. The Labute approximate surface area is 215 Å². The normalized spacial score (nSPS) is 11.8. The Morgan fingerprint density at radius 1 is 0.722 bits per heavy atom. The minimum atomic E-state index is -0.741. The predicted octanol–water partition coefficient (Wildman–Crippen LogP) is 6.54. The predicted molar refractivity (Wildman–Crippen MR) is 146 cm³/mol. The van der Waals surface area contributed by atoms with Crippen LogP contribution in [-0.4, -0.2) is 18.4 Å². The third-order valence-electron chi connectivity index (χ3n) is 6.08. The molecule has 0 spiro atoms. The number of hydrogen-bond acceptors (Lipinski definition) is 3. The molecule has 2 amide bonds. The van der Waals surface area contributed by atoms with Crippen molar-refractivity contribution in [2.45, 2.75) is 65.5 Å². The van der Waals surface area contributed by atoms with Gasteiger partial charge >= 0.3 is 0 Å². The van der Waals surface area contributed by atoms with Gasteiger partial charge in [-0.15, -0.1) is 0 Å². The van der Waals surface area contributed by atoms with Crippen molar-refractivity contribution in [3.05, 3.63) is 101 Å². The fourth-order valence-electron chi connectivity index (χ4n) is 3.83. The highest BCUT2D eigenvalue weighted by Gasteiger charge is 2.21. The van der Waals surface area contributed by atoms with Gasteiger partial charge in [0.05, 0.1) is 6.61 Å². The summed E-state index contributed by atoms with van der Waals surface area (Å²) < 4.78 is 5.64. The largest absolute Gasteiger partial charge is 0.494 e. The van der Waals surface area contributed by atoms with Gasteiger partial charge in [-0.05, 0) is 70.8 Å². The van der Waals surface area contributed by atoms with Crippen LogP contribution >= 0.6 is 0 Å². The molecule has 0 heterocycles. The zero-order chi connectivity index (χ0) is 26.5. The molecule has 0 aromatic heterocycles. The summed E-state index contributed by atoms with van der Waals surface area (Å²) in [6.45, 7) is 15.2. The number of rotatable bonds is 7. The summed E-state index contributed by atoms with van der Waals surface area (Å²) in [5.74, 6) is 0.129. The van der Waals surface area contributed by atoms with E-state index in [0.29, 0.717) is 23.5 Å². The van der Waals surface area contributed by atoms with E-state index in [4.69, 9.17) is 4.74 Å². The first-order valence-electron chi connectivity index (χ1n) is 12.4. The van der Waals surface area contributed by atoms with Crippen molar-refractivity contribution in [1.82, 2.24) is 10.6 Å². The first-order valence-corrected chi connectivity index (χ1v) is 12.4. The second kappa shape index (κ2) is 11.0. The highest BCUT2D eigenvalue weighted by molar-refractivity contribution is 5.97. The van der Waals surface area contributed by atoms with Gasteiger partial charge in [-0.1, -0.05) is 77.9 Å². The number of nitrogens with one attached hydrogen (secondary N) is 2. The van der Waals surface area contributed by atoms with Gasteiger partial charge in [0, 0.05) is 11.1 Å². The third-order valence-corrected chi connectivity index (χ3v) is 6.08. The van der Waals surface area contributed by atoms with Crippen LogP contribution in [0, 0.1) is 0 Å². The van der Waals surface area contributed by atoms with Crippen molar-refractivity contribution in [1.29, 1.82) is 0 Å². The molecule has 0 aliphatic rings. The maximum absolute atomic E-state index is 13.2. The minimum absolute atomic E-state index is 0.00618. The van der Waals surface area contributed by atoms with Crippen molar-refractivity contribution in [2.75, 3.05) is 6.61 Å². The molecule has 0 aliphatic heterocycles.